The minimum Gasteiger partial charge on any atom is -0.360 e. The zero-order valence-corrected chi connectivity index (χ0v) is 20.4. The number of hydrogen-bond acceptors (Lipinski definition) is 5. The Labute approximate surface area is 194 Å². The molecule has 1 saturated heterocycles. The first-order valence-electron chi connectivity index (χ1n) is 12.8. The molecule has 0 unspecified atom stereocenters. The molecule has 7 heteroatoms. The highest BCUT2D eigenvalue weighted by molar-refractivity contribution is 5.93. The van der Waals surface area contributed by atoms with E-state index < -0.39 is 0 Å². The number of amides is 2. The van der Waals surface area contributed by atoms with Crippen molar-refractivity contribution in [2.24, 2.45) is 0 Å². The van der Waals surface area contributed by atoms with Crippen LogP contribution in [0.2, 0.25) is 0 Å². The van der Waals surface area contributed by atoms with Crippen molar-refractivity contribution in [2.75, 3.05) is 38.0 Å². The van der Waals surface area contributed by atoms with Crippen LogP contribution in [0, 0.1) is 6.92 Å². The average molecular weight is 449 g/mol. The predicted molar refractivity (Wildman–Crippen MR) is 129 cm³/mol. The van der Waals surface area contributed by atoms with Gasteiger partial charge in [-0.15, -0.1) is 0 Å². The Morgan fingerprint density at radius 1 is 1.03 bits per heavy atom. The van der Waals surface area contributed by atoms with Crippen LogP contribution in [0.5, 0.6) is 0 Å². The van der Waals surface area contributed by atoms with Gasteiger partial charge in [0, 0.05) is 25.6 Å². The van der Waals surface area contributed by atoms with E-state index in [0.717, 1.165) is 32.5 Å². The van der Waals surface area contributed by atoms with Crippen LogP contribution in [0.15, 0.2) is 10.6 Å². The third-order valence-electron chi connectivity index (χ3n) is 6.21. The molecule has 182 valence electrons. The molecular formula is C25H44N4O3. The Balaban J connectivity index is 1.73. The van der Waals surface area contributed by atoms with Crippen molar-refractivity contribution in [3.8, 4) is 0 Å². The number of rotatable bonds is 16. The van der Waals surface area contributed by atoms with Gasteiger partial charge in [0.25, 0.3) is 0 Å². The largest absolute Gasteiger partial charge is 0.360 e. The summed E-state index contributed by atoms with van der Waals surface area (Å²) in [5, 5.41) is 6.55. The fraction of sp³-hybridized carbons (Fsp3) is 0.800. The number of anilines is 1. The van der Waals surface area contributed by atoms with Gasteiger partial charge in [0.15, 0.2) is 5.82 Å². The SMILES string of the molecule is CCCCCCCCCCCC(=O)N(CCN1CCCCC1)CC(=O)Nc1cc(C)on1. The summed E-state index contributed by atoms with van der Waals surface area (Å²) in [5.74, 6) is 0.896. The number of likely N-dealkylation sites (tertiary alicyclic amines) is 1. The molecule has 0 radical (unpaired) electrons. The molecule has 0 spiro atoms. The molecule has 1 aromatic rings. The van der Waals surface area contributed by atoms with Crippen LogP contribution in [-0.4, -0.2) is 59.5 Å². The van der Waals surface area contributed by atoms with Gasteiger partial charge >= 0.3 is 0 Å². The maximum absolute atomic E-state index is 12.9. The fourth-order valence-corrected chi connectivity index (χ4v) is 4.26. The third kappa shape index (κ3) is 11.1. The molecule has 1 aromatic heterocycles. The van der Waals surface area contributed by atoms with E-state index >= 15 is 0 Å². The van der Waals surface area contributed by atoms with Gasteiger partial charge in [-0.2, -0.15) is 0 Å². The summed E-state index contributed by atoms with van der Waals surface area (Å²) in [6, 6.07) is 1.68. The fourth-order valence-electron chi connectivity index (χ4n) is 4.26. The lowest BCUT2D eigenvalue weighted by Gasteiger charge is -2.30. The van der Waals surface area contributed by atoms with E-state index in [9.17, 15) is 9.59 Å². The Bertz CT molecular complexity index is 655. The molecule has 1 aliphatic heterocycles. The summed E-state index contributed by atoms with van der Waals surface area (Å²) in [7, 11) is 0. The minimum absolute atomic E-state index is 0.0655. The van der Waals surface area contributed by atoms with E-state index in [1.54, 1.807) is 17.9 Å². The van der Waals surface area contributed by atoms with Gasteiger partial charge in [0.2, 0.25) is 11.8 Å². The number of piperidine rings is 1. The maximum atomic E-state index is 12.9. The van der Waals surface area contributed by atoms with Crippen molar-refractivity contribution in [3.63, 3.8) is 0 Å². The Morgan fingerprint density at radius 2 is 1.69 bits per heavy atom. The highest BCUT2D eigenvalue weighted by Crippen LogP contribution is 2.13. The van der Waals surface area contributed by atoms with Gasteiger partial charge in [0.1, 0.15) is 5.76 Å². The molecule has 0 aromatic carbocycles. The van der Waals surface area contributed by atoms with Crippen LogP contribution >= 0.6 is 0 Å². The van der Waals surface area contributed by atoms with Crippen molar-refractivity contribution in [3.05, 3.63) is 11.8 Å². The number of carbonyl (C=O) groups excluding carboxylic acids is 2. The summed E-state index contributed by atoms with van der Waals surface area (Å²) in [6.07, 6.45) is 15.3. The molecular weight excluding hydrogens is 404 g/mol. The normalized spacial score (nSPS) is 14.4. The first-order chi connectivity index (χ1) is 15.6. The second-order valence-electron chi connectivity index (χ2n) is 9.17. The number of aryl methyl sites for hydroxylation is 1. The van der Waals surface area contributed by atoms with Gasteiger partial charge < -0.3 is 19.6 Å². The molecule has 0 aliphatic carbocycles. The predicted octanol–water partition coefficient (Wildman–Crippen LogP) is 5.16. The van der Waals surface area contributed by atoms with E-state index in [2.05, 4.69) is 22.3 Å². The molecule has 32 heavy (non-hydrogen) atoms. The van der Waals surface area contributed by atoms with Gasteiger partial charge in [-0.05, 0) is 39.3 Å². The number of unbranched alkanes of at least 4 members (excludes halogenated alkanes) is 8. The van der Waals surface area contributed by atoms with Crippen LogP contribution in [0.4, 0.5) is 5.82 Å². The number of carbonyl (C=O) groups is 2. The first kappa shape index (κ1) is 26.4. The summed E-state index contributed by atoms with van der Waals surface area (Å²) in [4.78, 5) is 29.5. The van der Waals surface area contributed by atoms with Crippen LogP contribution < -0.4 is 5.32 Å². The van der Waals surface area contributed by atoms with Gasteiger partial charge in [-0.25, -0.2) is 0 Å². The number of nitrogens with zero attached hydrogens (tertiary/aromatic N) is 3. The molecule has 0 saturated carbocycles. The molecule has 7 nitrogen and oxygen atoms in total. The molecule has 2 heterocycles. The highest BCUT2D eigenvalue weighted by atomic mass is 16.5. The molecule has 1 fully saturated rings. The Hall–Kier alpha value is -1.89. The topological polar surface area (TPSA) is 78.7 Å². The molecule has 1 N–H and O–H groups in total. The van der Waals surface area contributed by atoms with Crippen molar-refractivity contribution in [1.29, 1.82) is 0 Å². The molecule has 0 atom stereocenters. The summed E-state index contributed by atoms with van der Waals surface area (Å²) in [5.41, 5.74) is 0. The summed E-state index contributed by atoms with van der Waals surface area (Å²) >= 11 is 0. The van der Waals surface area contributed by atoms with Crippen LogP contribution in [-0.2, 0) is 9.59 Å². The van der Waals surface area contributed by atoms with Crippen molar-refractivity contribution in [2.45, 2.75) is 97.3 Å². The third-order valence-corrected chi connectivity index (χ3v) is 6.21. The standard InChI is InChI=1S/C25H44N4O3/c1-3-4-5-6-7-8-9-10-12-15-25(31)29(19-18-28-16-13-11-14-17-28)21-24(30)26-23-20-22(2)32-27-23/h20H,3-19,21H2,1-2H3,(H,26,27,30). The lowest BCUT2D eigenvalue weighted by Crippen LogP contribution is -2.43. The van der Waals surface area contributed by atoms with Gasteiger partial charge in [-0.3, -0.25) is 9.59 Å². The van der Waals surface area contributed by atoms with Crippen LogP contribution in [0.1, 0.15) is 96.2 Å². The monoisotopic (exact) mass is 448 g/mol. The lowest BCUT2D eigenvalue weighted by molar-refractivity contribution is -0.135. The summed E-state index contributed by atoms with van der Waals surface area (Å²) < 4.78 is 5.01. The molecule has 0 bridgehead atoms. The van der Waals surface area contributed by atoms with Gasteiger partial charge in [0.05, 0.1) is 6.54 Å². The van der Waals surface area contributed by atoms with Crippen molar-refractivity contribution < 1.29 is 14.1 Å². The van der Waals surface area contributed by atoms with E-state index in [1.165, 1.54) is 64.2 Å². The molecule has 2 amide bonds. The highest BCUT2D eigenvalue weighted by Gasteiger charge is 2.19. The molecule has 2 rings (SSSR count). The average Bonchev–Trinajstić information content (AvgIpc) is 3.20. The summed E-state index contributed by atoms with van der Waals surface area (Å²) in [6.45, 7) is 7.70. The Kier molecular flexibility index (Phi) is 13.0. The molecule has 1 aliphatic rings. The van der Waals surface area contributed by atoms with Crippen molar-refractivity contribution in [1.82, 2.24) is 15.0 Å². The zero-order valence-electron chi connectivity index (χ0n) is 20.4. The quantitative estimate of drug-likeness (QED) is 0.354. The minimum atomic E-state index is -0.225. The number of hydrogen-bond donors (Lipinski definition) is 1. The number of nitrogens with one attached hydrogen (secondary N) is 1. The zero-order chi connectivity index (χ0) is 23.0. The smallest absolute Gasteiger partial charge is 0.245 e. The van der Waals surface area contributed by atoms with E-state index in [1.807, 2.05) is 0 Å². The van der Waals surface area contributed by atoms with Crippen molar-refractivity contribution >= 4 is 17.6 Å². The maximum Gasteiger partial charge on any atom is 0.245 e. The second-order valence-corrected chi connectivity index (χ2v) is 9.17. The van der Waals surface area contributed by atoms with E-state index in [4.69, 9.17) is 4.52 Å². The van der Waals surface area contributed by atoms with Gasteiger partial charge in [-0.1, -0.05) is 69.9 Å². The van der Waals surface area contributed by atoms with Crippen LogP contribution in [0.3, 0.4) is 0 Å². The van der Waals surface area contributed by atoms with Crippen LogP contribution in [0.25, 0.3) is 0 Å². The van der Waals surface area contributed by atoms with E-state index in [-0.39, 0.29) is 18.4 Å². The number of aromatic nitrogens is 1. The van der Waals surface area contributed by atoms with E-state index in [0.29, 0.717) is 24.5 Å². The Morgan fingerprint density at radius 3 is 2.31 bits per heavy atom. The lowest BCUT2D eigenvalue weighted by atomic mass is 10.1. The second kappa shape index (κ2) is 15.8. The first-order valence-corrected chi connectivity index (χ1v) is 12.8.